The van der Waals surface area contributed by atoms with Crippen molar-refractivity contribution >= 4 is 35.5 Å². The lowest BCUT2D eigenvalue weighted by molar-refractivity contribution is -0.152. The van der Waals surface area contributed by atoms with Crippen LogP contribution in [0.15, 0.2) is 12.2 Å². The van der Waals surface area contributed by atoms with Crippen molar-refractivity contribution in [2.24, 2.45) is 34.3 Å². The molecule has 1 saturated heterocycles. The molecular formula is C31H49N5O7. The molecule has 5 N–H and O–H groups in total. The summed E-state index contributed by atoms with van der Waals surface area (Å²) in [5.41, 5.74) is 4.67. The van der Waals surface area contributed by atoms with E-state index in [0.29, 0.717) is 6.42 Å². The molecule has 43 heavy (non-hydrogen) atoms. The molecule has 12 nitrogen and oxygen atoms in total. The van der Waals surface area contributed by atoms with Crippen LogP contribution in [-0.4, -0.2) is 77.2 Å². The number of hydrogen-bond acceptors (Lipinski definition) is 7. The number of nitrogens with one attached hydrogen (secondary N) is 3. The maximum Gasteiger partial charge on any atom is 0.329 e. The van der Waals surface area contributed by atoms with Crippen molar-refractivity contribution in [3.63, 3.8) is 0 Å². The molecule has 0 radical (unpaired) electrons. The topological polar surface area (TPSA) is 177 Å². The Morgan fingerprint density at radius 1 is 0.953 bits per heavy atom. The third kappa shape index (κ3) is 7.94. The predicted molar refractivity (Wildman–Crippen MR) is 159 cm³/mol. The summed E-state index contributed by atoms with van der Waals surface area (Å²) in [4.78, 5) is 79.5. The number of esters is 1. The largest absolute Gasteiger partial charge is 0.461 e. The zero-order valence-corrected chi connectivity index (χ0v) is 26.7. The van der Waals surface area contributed by atoms with Gasteiger partial charge >= 0.3 is 12.0 Å². The number of nitrogens with two attached hydrogens (primary N) is 1. The van der Waals surface area contributed by atoms with Gasteiger partial charge in [-0.2, -0.15) is 0 Å². The lowest BCUT2D eigenvalue weighted by Crippen LogP contribution is -2.62. The molecule has 3 fully saturated rings. The van der Waals surface area contributed by atoms with E-state index in [2.05, 4.69) is 22.5 Å². The molecule has 1 unspecified atom stereocenters. The Hall–Kier alpha value is -3.44. The van der Waals surface area contributed by atoms with Crippen LogP contribution in [0, 0.1) is 28.6 Å². The van der Waals surface area contributed by atoms with E-state index in [-0.39, 0.29) is 30.4 Å². The second-order valence-corrected chi connectivity index (χ2v) is 14.7. The van der Waals surface area contributed by atoms with E-state index in [1.54, 1.807) is 55.4 Å². The first kappa shape index (κ1) is 34.1. The number of ether oxygens (including phenoxy) is 1. The molecule has 1 heterocycles. The van der Waals surface area contributed by atoms with E-state index >= 15 is 0 Å². The number of carbonyl (C=O) groups excluding carboxylic acids is 6. The van der Waals surface area contributed by atoms with Gasteiger partial charge in [0.05, 0.1) is 12.1 Å². The van der Waals surface area contributed by atoms with Crippen LogP contribution < -0.4 is 21.7 Å². The predicted octanol–water partition coefficient (Wildman–Crippen LogP) is 1.81. The van der Waals surface area contributed by atoms with E-state index in [9.17, 15) is 28.8 Å². The molecule has 3 rings (SSSR count). The standard InChI is InChI=1S/C31H49N5O7/c1-15(2)43-28(41)24(31(7,8)9)35-29(42)34-23(30(4,5)6)27(40)36-14-18-16(3)20(18)21(36)26(39)33-19(22(37)25(32)38)13-17-11-10-12-17/h15,17-21,23-24H,3,10-14H2,1-2,4-9H3,(H2,32,38)(H,33,39)(H2,34,35,42)/t18-,19?,20+,21+,23-,24+/m1/s1. The van der Waals surface area contributed by atoms with Gasteiger partial charge in [-0.05, 0) is 37.0 Å². The summed E-state index contributed by atoms with van der Waals surface area (Å²) in [6.07, 6.45) is 2.76. The normalized spacial score (nSPS) is 23.8. The van der Waals surface area contributed by atoms with Crippen LogP contribution in [0.3, 0.4) is 0 Å². The number of carbonyl (C=O) groups is 6. The van der Waals surface area contributed by atoms with E-state index in [0.717, 1.165) is 24.8 Å². The van der Waals surface area contributed by atoms with Gasteiger partial charge in [-0.15, -0.1) is 0 Å². The zero-order chi connectivity index (χ0) is 32.6. The number of fused-ring (bicyclic) bond motifs is 1. The number of ketones is 1. The maximum atomic E-state index is 14.1. The molecular weight excluding hydrogens is 554 g/mol. The lowest BCUT2D eigenvalue weighted by Gasteiger charge is -2.37. The Morgan fingerprint density at radius 3 is 1.98 bits per heavy atom. The average Bonchev–Trinajstić information content (AvgIpc) is 3.27. The summed E-state index contributed by atoms with van der Waals surface area (Å²) < 4.78 is 5.34. The fourth-order valence-corrected chi connectivity index (χ4v) is 5.88. The number of nitrogens with zero attached hydrogens (tertiary/aromatic N) is 1. The van der Waals surface area contributed by atoms with Gasteiger partial charge < -0.3 is 31.3 Å². The maximum absolute atomic E-state index is 14.1. The monoisotopic (exact) mass is 603 g/mol. The summed E-state index contributed by atoms with van der Waals surface area (Å²) >= 11 is 0. The zero-order valence-electron chi connectivity index (χ0n) is 26.7. The van der Waals surface area contributed by atoms with E-state index < -0.39 is 70.5 Å². The molecule has 2 aliphatic carbocycles. The van der Waals surface area contributed by atoms with Crippen molar-refractivity contribution in [3.05, 3.63) is 12.2 Å². The second kappa shape index (κ2) is 12.7. The first-order chi connectivity index (χ1) is 19.7. The lowest BCUT2D eigenvalue weighted by atomic mass is 9.80. The quantitative estimate of drug-likeness (QED) is 0.158. The smallest absolute Gasteiger partial charge is 0.329 e. The third-order valence-corrected chi connectivity index (χ3v) is 8.64. The summed E-state index contributed by atoms with van der Waals surface area (Å²) in [5.74, 6) is -3.76. The molecule has 0 spiro atoms. The van der Waals surface area contributed by atoms with Gasteiger partial charge in [0, 0.05) is 18.4 Å². The number of piperidine rings is 1. The molecule has 12 heteroatoms. The minimum Gasteiger partial charge on any atom is -0.461 e. The van der Waals surface area contributed by atoms with Crippen LogP contribution >= 0.6 is 0 Å². The fraction of sp³-hybridized carbons (Fsp3) is 0.742. The van der Waals surface area contributed by atoms with Gasteiger partial charge in [0.1, 0.15) is 18.1 Å². The van der Waals surface area contributed by atoms with Gasteiger partial charge in [-0.1, -0.05) is 73.0 Å². The molecule has 0 aromatic heterocycles. The number of primary amides is 1. The highest BCUT2D eigenvalue weighted by molar-refractivity contribution is 6.37. The average molecular weight is 604 g/mol. The molecule has 0 aromatic rings. The Labute approximate surface area is 254 Å². The summed E-state index contributed by atoms with van der Waals surface area (Å²) in [5, 5.41) is 8.13. The van der Waals surface area contributed by atoms with Crippen LogP contribution in [0.1, 0.15) is 81.1 Å². The van der Waals surface area contributed by atoms with Crippen molar-refractivity contribution in [2.45, 2.75) is 111 Å². The second-order valence-electron chi connectivity index (χ2n) is 14.7. The number of hydrogen-bond donors (Lipinski definition) is 4. The van der Waals surface area contributed by atoms with Crippen molar-refractivity contribution in [3.8, 4) is 0 Å². The highest BCUT2D eigenvalue weighted by Crippen LogP contribution is 2.54. The third-order valence-electron chi connectivity index (χ3n) is 8.64. The van der Waals surface area contributed by atoms with Crippen molar-refractivity contribution < 1.29 is 33.5 Å². The molecule has 0 bridgehead atoms. The minimum atomic E-state index is -1.12. The highest BCUT2D eigenvalue weighted by Gasteiger charge is 2.61. The molecule has 5 amide bonds. The first-order valence-corrected chi connectivity index (χ1v) is 15.1. The van der Waals surface area contributed by atoms with Crippen molar-refractivity contribution in [1.82, 2.24) is 20.9 Å². The highest BCUT2D eigenvalue weighted by atomic mass is 16.5. The van der Waals surface area contributed by atoms with Gasteiger partial charge in [0.25, 0.3) is 5.91 Å². The van der Waals surface area contributed by atoms with Gasteiger partial charge in [-0.3, -0.25) is 19.2 Å². The van der Waals surface area contributed by atoms with E-state index in [1.165, 1.54) is 4.90 Å². The summed E-state index contributed by atoms with van der Waals surface area (Å²) in [6.45, 7) is 18.4. The first-order valence-electron chi connectivity index (χ1n) is 15.1. The van der Waals surface area contributed by atoms with Crippen molar-refractivity contribution in [2.75, 3.05) is 6.54 Å². The number of likely N-dealkylation sites (tertiary alicyclic amines) is 1. The van der Waals surface area contributed by atoms with Crippen LogP contribution in [0.5, 0.6) is 0 Å². The van der Waals surface area contributed by atoms with E-state index in [1.807, 2.05) is 0 Å². The minimum absolute atomic E-state index is 0.0813. The number of rotatable bonds is 11. The fourth-order valence-electron chi connectivity index (χ4n) is 5.88. The molecule has 0 aromatic carbocycles. The Bertz CT molecular complexity index is 1160. The van der Waals surface area contributed by atoms with Gasteiger partial charge in [0.15, 0.2) is 0 Å². The SMILES string of the molecule is C=C1[C@H]2[C@@H]1CN(C(=O)[C@@H](NC(=O)N[C@@H](C(=O)OC(C)C)C(C)(C)C)C(C)(C)C)[C@@H]2C(=O)NC(CC1CCC1)C(=O)C(N)=O. The van der Waals surface area contributed by atoms with Crippen LogP contribution in [-0.2, 0) is 28.7 Å². The van der Waals surface area contributed by atoms with Crippen molar-refractivity contribution in [1.29, 1.82) is 0 Å². The Kier molecular flexibility index (Phi) is 10.0. The van der Waals surface area contributed by atoms with Gasteiger partial charge in [0.2, 0.25) is 17.6 Å². The Balaban J connectivity index is 1.80. The molecule has 240 valence electrons. The molecule has 2 saturated carbocycles. The van der Waals surface area contributed by atoms with Crippen LogP contribution in [0.2, 0.25) is 0 Å². The molecule has 3 aliphatic rings. The van der Waals surface area contributed by atoms with Crippen LogP contribution in [0.4, 0.5) is 4.79 Å². The summed E-state index contributed by atoms with van der Waals surface area (Å²) in [7, 11) is 0. The molecule has 1 aliphatic heterocycles. The Morgan fingerprint density at radius 2 is 1.51 bits per heavy atom. The molecule has 6 atom stereocenters. The number of Topliss-reactive ketones (excluding diaryl/α,β-unsaturated/α-hetero) is 1. The number of urea groups is 1. The van der Waals surface area contributed by atoms with Gasteiger partial charge in [-0.25, -0.2) is 9.59 Å². The summed E-state index contributed by atoms with van der Waals surface area (Å²) in [6, 6.07) is -4.79. The van der Waals surface area contributed by atoms with Crippen LogP contribution in [0.25, 0.3) is 0 Å². The number of amides is 5. The van der Waals surface area contributed by atoms with E-state index in [4.69, 9.17) is 10.5 Å².